The second-order valence-corrected chi connectivity index (χ2v) is 4.37. The van der Waals surface area contributed by atoms with E-state index in [0.717, 1.165) is 12.0 Å². The first-order chi connectivity index (χ1) is 6.69. The Hall–Kier alpha value is -0.0400. The molecule has 0 aliphatic heterocycles. The highest BCUT2D eigenvalue weighted by Gasteiger charge is 2.13. The zero-order valence-electron chi connectivity index (χ0n) is 10.8. The SMILES string of the molecule is CCC(C)CCC(CC)N(CC)CC. The van der Waals surface area contributed by atoms with Gasteiger partial charge in [-0.05, 0) is 38.3 Å². The summed E-state index contributed by atoms with van der Waals surface area (Å²) >= 11 is 0. The van der Waals surface area contributed by atoms with Crippen LogP contribution in [0.25, 0.3) is 0 Å². The van der Waals surface area contributed by atoms with Crippen LogP contribution in [0, 0.1) is 5.92 Å². The molecule has 2 unspecified atom stereocenters. The third kappa shape index (κ3) is 4.99. The van der Waals surface area contributed by atoms with Crippen LogP contribution in [0.1, 0.15) is 60.3 Å². The minimum Gasteiger partial charge on any atom is -0.301 e. The second kappa shape index (κ2) is 8.28. The van der Waals surface area contributed by atoms with Crippen molar-refractivity contribution in [2.45, 2.75) is 66.3 Å². The van der Waals surface area contributed by atoms with Crippen molar-refractivity contribution in [2.24, 2.45) is 5.92 Å². The van der Waals surface area contributed by atoms with Crippen molar-refractivity contribution in [1.29, 1.82) is 0 Å². The van der Waals surface area contributed by atoms with Crippen LogP contribution in [0.15, 0.2) is 0 Å². The standard InChI is InChI=1S/C13H29N/c1-6-12(5)10-11-13(7-2)14(8-3)9-4/h12-13H,6-11H2,1-5H3. The molecule has 0 aliphatic rings. The van der Waals surface area contributed by atoms with Crippen molar-refractivity contribution in [2.75, 3.05) is 13.1 Å². The fraction of sp³-hybridized carbons (Fsp3) is 1.00. The second-order valence-electron chi connectivity index (χ2n) is 4.37. The summed E-state index contributed by atoms with van der Waals surface area (Å²) in [5.41, 5.74) is 0. The van der Waals surface area contributed by atoms with Gasteiger partial charge in [-0.25, -0.2) is 0 Å². The van der Waals surface area contributed by atoms with E-state index in [1.54, 1.807) is 0 Å². The van der Waals surface area contributed by atoms with Gasteiger partial charge in [0.25, 0.3) is 0 Å². The highest BCUT2D eigenvalue weighted by molar-refractivity contribution is 4.69. The summed E-state index contributed by atoms with van der Waals surface area (Å²) in [5, 5.41) is 0. The molecule has 2 atom stereocenters. The third-order valence-electron chi connectivity index (χ3n) is 3.49. The Balaban J connectivity index is 3.88. The van der Waals surface area contributed by atoms with E-state index >= 15 is 0 Å². The normalized spacial score (nSPS) is 15.9. The molecule has 0 aliphatic carbocycles. The molecule has 1 heteroatoms. The Kier molecular flexibility index (Phi) is 8.26. The number of hydrogen-bond acceptors (Lipinski definition) is 1. The monoisotopic (exact) mass is 199 g/mol. The minimum atomic E-state index is 0.819. The van der Waals surface area contributed by atoms with Crippen molar-refractivity contribution in [3.63, 3.8) is 0 Å². The lowest BCUT2D eigenvalue weighted by Gasteiger charge is -2.29. The minimum absolute atomic E-state index is 0.819. The number of nitrogens with zero attached hydrogens (tertiary/aromatic N) is 1. The quantitative estimate of drug-likeness (QED) is 0.572. The summed E-state index contributed by atoms with van der Waals surface area (Å²) in [6.45, 7) is 13.9. The highest BCUT2D eigenvalue weighted by Crippen LogP contribution is 2.16. The topological polar surface area (TPSA) is 3.24 Å². The summed E-state index contributed by atoms with van der Waals surface area (Å²) in [6.07, 6.45) is 5.41. The van der Waals surface area contributed by atoms with Crippen LogP contribution in [0.4, 0.5) is 0 Å². The largest absolute Gasteiger partial charge is 0.301 e. The van der Waals surface area contributed by atoms with Crippen LogP contribution in [0.5, 0.6) is 0 Å². The van der Waals surface area contributed by atoms with E-state index in [2.05, 4.69) is 39.5 Å². The van der Waals surface area contributed by atoms with Crippen molar-refractivity contribution >= 4 is 0 Å². The highest BCUT2D eigenvalue weighted by atomic mass is 15.1. The Labute approximate surface area is 90.9 Å². The predicted molar refractivity (Wildman–Crippen MR) is 65.7 cm³/mol. The lowest BCUT2D eigenvalue weighted by Crippen LogP contribution is -2.34. The Morgan fingerprint density at radius 1 is 0.857 bits per heavy atom. The van der Waals surface area contributed by atoms with Gasteiger partial charge in [0.05, 0.1) is 0 Å². The van der Waals surface area contributed by atoms with Gasteiger partial charge in [0.1, 0.15) is 0 Å². The summed E-state index contributed by atoms with van der Waals surface area (Å²) in [6, 6.07) is 0.819. The van der Waals surface area contributed by atoms with Gasteiger partial charge in [-0.15, -0.1) is 0 Å². The lowest BCUT2D eigenvalue weighted by molar-refractivity contribution is 0.191. The van der Waals surface area contributed by atoms with Crippen molar-refractivity contribution < 1.29 is 0 Å². The zero-order valence-corrected chi connectivity index (χ0v) is 10.8. The van der Waals surface area contributed by atoms with Gasteiger partial charge in [0.15, 0.2) is 0 Å². The van der Waals surface area contributed by atoms with Gasteiger partial charge in [0, 0.05) is 6.04 Å². The first kappa shape index (κ1) is 14.0. The summed E-state index contributed by atoms with van der Waals surface area (Å²) in [5.74, 6) is 0.902. The van der Waals surface area contributed by atoms with Gasteiger partial charge >= 0.3 is 0 Å². The van der Waals surface area contributed by atoms with Crippen LogP contribution in [-0.2, 0) is 0 Å². The van der Waals surface area contributed by atoms with Crippen LogP contribution in [0.2, 0.25) is 0 Å². The van der Waals surface area contributed by atoms with Gasteiger partial charge in [-0.2, -0.15) is 0 Å². The fourth-order valence-electron chi connectivity index (χ4n) is 2.07. The maximum atomic E-state index is 2.60. The number of hydrogen-bond donors (Lipinski definition) is 0. The molecule has 0 saturated carbocycles. The van der Waals surface area contributed by atoms with E-state index in [1.165, 1.54) is 38.8 Å². The van der Waals surface area contributed by atoms with Gasteiger partial charge in [-0.1, -0.05) is 41.0 Å². The van der Waals surface area contributed by atoms with Crippen LogP contribution in [-0.4, -0.2) is 24.0 Å². The summed E-state index contributed by atoms with van der Waals surface area (Å²) in [4.78, 5) is 2.60. The smallest absolute Gasteiger partial charge is 0.00925 e. The molecule has 14 heavy (non-hydrogen) atoms. The Bertz CT molecular complexity index is 118. The molecule has 0 aromatic carbocycles. The van der Waals surface area contributed by atoms with Crippen molar-refractivity contribution in [3.8, 4) is 0 Å². The van der Waals surface area contributed by atoms with E-state index in [-0.39, 0.29) is 0 Å². The first-order valence-corrected chi connectivity index (χ1v) is 6.43. The molecule has 0 heterocycles. The molecule has 0 fully saturated rings. The lowest BCUT2D eigenvalue weighted by atomic mass is 9.97. The van der Waals surface area contributed by atoms with E-state index in [9.17, 15) is 0 Å². The van der Waals surface area contributed by atoms with Crippen LogP contribution < -0.4 is 0 Å². The van der Waals surface area contributed by atoms with E-state index in [0.29, 0.717) is 0 Å². The Morgan fingerprint density at radius 2 is 1.43 bits per heavy atom. The maximum absolute atomic E-state index is 2.60. The Morgan fingerprint density at radius 3 is 1.79 bits per heavy atom. The third-order valence-corrected chi connectivity index (χ3v) is 3.49. The molecular formula is C13H29N. The molecule has 0 amide bonds. The zero-order chi connectivity index (χ0) is 11.0. The average molecular weight is 199 g/mol. The molecule has 0 saturated heterocycles. The van der Waals surface area contributed by atoms with Gasteiger partial charge < -0.3 is 4.90 Å². The molecule has 0 spiro atoms. The first-order valence-electron chi connectivity index (χ1n) is 6.43. The fourth-order valence-corrected chi connectivity index (χ4v) is 2.07. The molecule has 86 valence electrons. The predicted octanol–water partition coefficient (Wildman–Crippen LogP) is 3.93. The molecule has 0 bridgehead atoms. The molecule has 0 radical (unpaired) electrons. The molecule has 0 rings (SSSR count). The van der Waals surface area contributed by atoms with Crippen LogP contribution >= 0.6 is 0 Å². The maximum Gasteiger partial charge on any atom is 0.00925 e. The molecule has 1 nitrogen and oxygen atoms in total. The van der Waals surface area contributed by atoms with E-state index < -0.39 is 0 Å². The number of rotatable bonds is 8. The molecule has 0 N–H and O–H groups in total. The molecule has 0 aromatic rings. The summed E-state index contributed by atoms with van der Waals surface area (Å²) in [7, 11) is 0. The van der Waals surface area contributed by atoms with E-state index in [1.807, 2.05) is 0 Å². The van der Waals surface area contributed by atoms with Crippen LogP contribution in [0.3, 0.4) is 0 Å². The molecular weight excluding hydrogens is 170 g/mol. The average Bonchev–Trinajstić information content (AvgIpc) is 2.23. The van der Waals surface area contributed by atoms with Gasteiger partial charge in [0.2, 0.25) is 0 Å². The molecule has 0 aromatic heterocycles. The van der Waals surface area contributed by atoms with Crippen molar-refractivity contribution in [1.82, 2.24) is 4.90 Å². The van der Waals surface area contributed by atoms with Crippen molar-refractivity contribution in [3.05, 3.63) is 0 Å². The summed E-state index contributed by atoms with van der Waals surface area (Å²) < 4.78 is 0. The van der Waals surface area contributed by atoms with E-state index in [4.69, 9.17) is 0 Å². The van der Waals surface area contributed by atoms with Gasteiger partial charge in [-0.3, -0.25) is 0 Å².